The van der Waals surface area contributed by atoms with E-state index in [-0.39, 0.29) is 5.56 Å². The zero-order chi connectivity index (χ0) is 13.5. The Hall–Kier alpha value is -1.49. The van der Waals surface area contributed by atoms with Crippen LogP contribution in [0.3, 0.4) is 0 Å². The maximum atomic E-state index is 14.5. The van der Waals surface area contributed by atoms with Crippen LogP contribution in [-0.2, 0) is 13.0 Å². The molecular weight excluding hydrogens is 248 g/mol. The smallest absolute Gasteiger partial charge is 0.288 e. The fourth-order valence-corrected chi connectivity index (χ4v) is 2.71. The molecule has 1 saturated heterocycles. The van der Waals surface area contributed by atoms with E-state index in [2.05, 4.69) is 10.3 Å². The van der Waals surface area contributed by atoms with Crippen molar-refractivity contribution in [1.29, 1.82) is 0 Å². The van der Waals surface area contributed by atoms with E-state index in [4.69, 9.17) is 0 Å². The van der Waals surface area contributed by atoms with Gasteiger partial charge in [0.05, 0.1) is 23.4 Å². The molecular formula is C14H17F2N3. The Labute approximate surface area is 110 Å². The summed E-state index contributed by atoms with van der Waals surface area (Å²) in [6.07, 6.45) is 4.00. The molecule has 1 aliphatic heterocycles. The van der Waals surface area contributed by atoms with E-state index < -0.39 is 12.0 Å². The van der Waals surface area contributed by atoms with Crippen LogP contribution >= 0.6 is 0 Å². The number of aryl methyl sites for hydroxylation is 1. The summed E-state index contributed by atoms with van der Waals surface area (Å²) in [6, 6.07) is 3.97. The number of alkyl halides is 2. The van der Waals surface area contributed by atoms with E-state index in [1.807, 2.05) is 11.6 Å². The van der Waals surface area contributed by atoms with Crippen LogP contribution in [0.1, 0.15) is 24.8 Å². The molecule has 0 radical (unpaired) electrons. The monoisotopic (exact) mass is 265 g/mol. The Morgan fingerprint density at radius 1 is 1.37 bits per heavy atom. The minimum absolute atomic E-state index is 0.0538. The summed E-state index contributed by atoms with van der Waals surface area (Å²) in [5.41, 5.74) is 1.55. The molecule has 1 fully saturated rings. The lowest BCUT2D eigenvalue weighted by Gasteiger charge is -2.31. The number of benzene rings is 1. The number of hydrogen-bond donors (Lipinski definition) is 1. The van der Waals surface area contributed by atoms with Gasteiger partial charge < -0.3 is 9.88 Å². The lowest BCUT2D eigenvalue weighted by molar-refractivity contribution is -0.0511. The van der Waals surface area contributed by atoms with Gasteiger partial charge in [0.25, 0.3) is 5.92 Å². The molecule has 1 N–H and O–H groups in total. The lowest BCUT2D eigenvalue weighted by Crippen LogP contribution is -2.45. The first kappa shape index (κ1) is 12.5. The Morgan fingerprint density at radius 3 is 2.95 bits per heavy atom. The van der Waals surface area contributed by atoms with Crippen LogP contribution in [-0.4, -0.2) is 22.1 Å². The van der Waals surface area contributed by atoms with Crippen molar-refractivity contribution < 1.29 is 8.78 Å². The number of nitrogens with zero attached hydrogens (tertiary/aromatic N) is 2. The molecule has 0 aliphatic carbocycles. The highest BCUT2D eigenvalue weighted by molar-refractivity contribution is 5.76. The third-order valence-electron chi connectivity index (χ3n) is 3.86. The molecule has 0 spiro atoms. The van der Waals surface area contributed by atoms with E-state index in [9.17, 15) is 8.78 Å². The quantitative estimate of drug-likeness (QED) is 0.905. The molecule has 1 unspecified atom stereocenters. The Morgan fingerprint density at radius 2 is 2.21 bits per heavy atom. The summed E-state index contributed by atoms with van der Waals surface area (Å²) < 4.78 is 30.8. The van der Waals surface area contributed by atoms with Gasteiger partial charge in [-0.2, -0.15) is 8.78 Å². The molecule has 2 heterocycles. The van der Waals surface area contributed by atoms with Gasteiger partial charge in [-0.1, -0.05) is 12.5 Å². The van der Waals surface area contributed by atoms with Crippen LogP contribution in [0.5, 0.6) is 0 Å². The van der Waals surface area contributed by atoms with Crippen molar-refractivity contribution in [3.63, 3.8) is 0 Å². The number of rotatable bonds is 2. The van der Waals surface area contributed by atoms with Gasteiger partial charge in [0, 0.05) is 12.6 Å². The minimum atomic E-state index is -2.84. The predicted molar refractivity (Wildman–Crippen MR) is 70.2 cm³/mol. The highest BCUT2D eigenvalue weighted by Gasteiger charge is 2.41. The second kappa shape index (κ2) is 4.56. The van der Waals surface area contributed by atoms with Gasteiger partial charge in [0.2, 0.25) is 0 Å². The standard InChI is InChI=1S/C14H17F2N3/c1-19-9-18-11-8-10(5-6-12(11)19)14(15,16)13-4-2-3-7-17-13/h5-6,8-9,13,17H,2-4,7H2,1H3. The SMILES string of the molecule is Cn1cnc2cc(C(F)(F)C3CCCCN3)ccc21. The highest BCUT2D eigenvalue weighted by Crippen LogP contribution is 2.36. The molecule has 1 aromatic heterocycles. The molecule has 0 bridgehead atoms. The van der Waals surface area contributed by atoms with Crippen molar-refractivity contribution in [2.45, 2.75) is 31.2 Å². The lowest BCUT2D eigenvalue weighted by atomic mass is 9.93. The largest absolute Gasteiger partial charge is 0.334 e. The van der Waals surface area contributed by atoms with Crippen molar-refractivity contribution in [2.24, 2.45) is 7.05 Å². The van der Waals surface area contributed by atoms with Crippen LogP contribution in [0.4, 0.5) is 8.78 Å². The number of halogens is 2. The number of nitrogens with one attached hydrogen (secondary N) is 1. The second-order valence-electron chi connectivity index (χ2n) is 5.18. The normalized spacial score (nSPS) is 20.9. The molecule has 1 aromatic carbocycles. The summed E-state index contributed by atoms with van der Waals surface area (Å²) in [5.74, 6) is -2.84. The molecule has 5 heteroatoms. The fourth-order valence-electron chi connectivity index (χ4n) is 2.71. The molecule has 3 nitrogen and oxygen atoms in total. The minimum Gasteiger partial charge on any atom is -0.334 e. The highest BCUT2D eigenvalue weighted by atomic mass is 19.3. The zero-order valence-corrected chi connectivity index (χ0v) is 10.9. The molecule has 19 heavy (non-hydrogen) atoms. The van der Waals surface area contributed by atoms with Crippen LogP contribution in [0.25, 0.3) is 11.0 Å². The third-order valence-corrected chi connectivity index (χ3v) is 3.86. The number of hydrogen-bond acceptors (Lipinski definition) is 2. The van der Waals surface area contributed by atoms with Gasteiger partial charge in [-0.15, -0.1) is 0 Å². The molecule has 2 aromatic rings. The molecule has 0 amide bonds. The van der Waals surface area contributed by atoms with Crippen LogP contribution in [0, 0.1) is 0 Å². The second-order valence-corrected chi connectivity index (χ2v) is 5.18. The first-order valence-corrected chi connectivity index (χ1v) is 6.62. The molecule has 102 valence electrons. The summed E-state index contributed by atoms with van der Waals surface area (Å²) in [4.78, 5) is 4.15. The first-order valence-electron chi connectivity index (χ1n) is 6.62. The van der Waals surface area contributed by atoms with E-state index in [1.165, 1.54) is 12.1 Å². The Balaban J connectivity index is 1.97. The average molecular weight is 265 g/mol. The Bertz CT molecular complexity index is 585. The number of piperidine rings is 1. The molecule has 1 aliphatic rings. The van der Waals surface area contributed by atoms with Gasteiger partial charge in [0.1, 0.15) is 0 Å². The molecule has 3 rings (SSSR count). The van der Waals surface area contributed by atoms with Gasteiger partial charge in [-0.05, 0) is 31.5 Å². The third kappa shape index (κ3) is 2.12. The van der Waals surface area contributed by atoms with E-state index in [1.54, 1.807) is 12.4 Å². The van der Waals surface area contributed by atoms with Crippen molar-refractivity contribution in [3.8, 4) is 0 Å². The summed E-state index contributed by atoms with van der Waals surface area (Å²) in [7, 11) is 1.86. The van der Waals surface area contributed by atoms with Gasteiger partial charge in [-0.3, -0.25) is 0 Å². The number of fused-ring (bicyclic) bond motifs is 1. The molecule has 1 atom stereocenters. The van der Waals surface area contributed by atoms with Gasteiger partial charge >= 0.3 is 0 Å². The van der Waals surface area contributed by atoms with Crippen molar-refractivity contribution in [3.05, 3.63) is 30.1 Å². The topological polar surface area (TPSA) is 29.9 Å². The predicted octanol–water partition coefficient (Wildman–Crippen LogP) is 2.81. The van der Waals surface area contributed by atoms with Crippen molar-refractivity contribution in [2.75, 3.05) is 6.54 Å². The van der Waals surface area contributed by atoms with Crippen molar-refractivity contribution >= 4 is 11.0 Å². The average Bonchev–Trinajstić information content (AvgIpc) is 2.81. The van der Waals surface area contributed by atoms with Crippen LogP contribution in [0.2, 0.25) is 0 Å². The van der Waals surface area contributed by atoms with Crippen molar-refractivity contribution in [1.82, 2.24) is 14.9 Å². The number of aromatic nitrogens is 2. The maximum absolute atomic E-state index is 14.5. The number of imidazole rings is 1. The fraction of sp³-hybridized carbons (Fsp3) is 0.500. The van der Waals surface area contributed by atoms with Crippen LogP contribution in [0.15, 0.2) is 24.5 Å². The zero-order valence-electron chi connectivity index (χ0n) is 10.9. The van der Waals surface area contributed by atoms with Gasteiger partial charge in [0.15, 0.2) is 0 Å². The van der Waals surface area contributed by atoms with Gasteiger partial charge in [-0.25, -0.2) is 4.98 Å². The molecule has 0 saturated carbocycles. The summed E-state index contributed by atoms with van der Waals surface area (Å²) in [6.45, 7) is 0.673. The van der Waals surface area contributed by atoms with E-state index in [0.717, 1.165) is 18.4 Å². The summed E-state index contributed by atoms with van der Waals surface area (Å²) in [5, 5.41) is 2.94. The van der Waals surface area contributed by atoms with E-state index >= 15 is 0 Å². The van der Waals surface area contributed by atoms with Crippen LogP contribution < -0.4 is 5.32 Å². The Kier molecular flexibility index (Phi) is 3.01. The maximum Gasteiger partial charge on any atom is 0.288 e. The first-order chi connectivity index (χ1) is 9.09. The van der Waals surface area contributed by atoms with E-state index in [0.29, 0.717) is 18.5 Å². The summed E-state index contributed by atoms with van der Waals surface area (Å²) >= 11 is 0.